The summed E-state index contributed by atoms with van der Waals surface area (Å²) < 4.78 is 10.5. The van der Waals surface area contributed by atoms with Crippen molar-refractivity contribution in [1.82, 2.24) is 4.98 Å². The van der Waals surface area contributed by atoms with E-state index >= 15 is 0 Å². The van der Waals surface area contributed by atoms with Crippen LogP contribution in [0, 0.1) is 0 Å². The molecule has 1 heterocycles. The number of ether oxygens (including phenoxy) is 1. The van der Waals surface area contributed by atoms with Gasteiger partial charge in [0, 0.05) is 11.8 Å². The second kappa shape index (κ2) is 6.21. The molecule has 0 radical (unpaired) electrons. The Morgan fingerprint density at radius 1 is 1.55 bits per heavy atom. The molecule has 0 aliphatic rings. The van der Waals surface area contributed by atoms with Crippen LogP contribution in [0.4, 0.5) is 5.69 Å². The molecule has 2 rings (SSSR count). The van der Waals surface area contributed by atoms with Crippen LogP contribution in [0.5, 0.6) is 5.75 Å². The summed E-state index contributed by atoms with van der Waals surface area (Å²) in [5.74, 6) is 0.969. The zero-order chi connectivity index (χ0) is 14.5. The lowest BCUT2D eigenvalue weighted by Gasteiger charge is -2.12. The highest BCUT2D eigenvalue weighted by Crippen LogP contribution is 2.32. The average molecular weight is 275 g/mol. The Kier molecular flexibility index (Phi) is 4.37. The molecule has 3 N–H and O–H groups in total. The highest BCUT2D eigenvalue weighted by molar-refractivity contribution is 5.95. The van der Waals surface area contributed by atoms with Crippen LogP contribution >= 0.6 is 0 Å². The standard InChI is InChI=1S/C14H17N3O3/c1-3-11(15)14(18)17-9-4-5-10(12(6-9)19-2)13-7-16-8-20-13/h4-8,11H,3,15H2,1-2H3,(H,17,18)/t11-/m1/s1. The van der Waals surface area contributed by atoms with Gasteiger partial charge < -0.3 is 20.2 Å². The fourth-order valence-corrected chi connectivity index (χ4v) is 1.74. The fourth-order valence-electron chi connectivity index (χ4n) is 1.74. The Bertz CT molecular complexity index is 581. The van der Waals surface area contributed by atoms with E-state index in [-0.39, 0.29) is 5.91 Å². The predicted molar refractivity (Wildman–Crippen MR) is 75.4 cm³/mol. The first-order chi connectivity index (χ1) is 9.65. The van der Waals surface area contributed by atoms with E-state index in [0.29, 0.717) is 23.6 Å². The van der Waals surface area contributed by atoms with Gasteiger partial charge in [-0.2, -0.15) is 0 Å². The van der Waals surface area contributed by atoms with Crippen LogP contribution in [-0.2, 0) is 4.79 Å². The third kappa shape index (κ3) is 2.97. The summed E-state index contributed by atoms with van der Waals surface area (Å²) >= 11 is 0. The van der Waals surface area contributed by atoms with Crippen LogP contribution < -0.4 is 15.8 Å². The second-order valence-corrected chi connectivity index (χ2v) is 4.28. The van der Waals surface area contributed by atoms with Crippen LogP contribution in [-0.4, -0.2) is 24.0 Å². The molecule has 2 aromatic rings. The Balaban J connectivity index is 2.24. The Morgan fingerprint density at radius 3 is 2.95 bits per heavy atom. The molecule has 1 amide bonds. The van der Waals surface area contributed by atoms with Gasteiger partial charge in [0.1, 0.15) is 5.75 Å². The molecule has 0 saturated heterocycles. The highest BCUT2D eigenvalue weighted by atomic mass is 16.5. The number of amides is 1. The molecule has 0 spiro atoms. The van der Waals surface area contributed by atoms with Crippen molar-refractivity contribution in [2.24, 2.45) is 5.73 Å². The van der Waals surface area contributed by atoms with E-state index in [1.807, 2.05) is 6.92 Å². The van der Waals surface area contributed by atoms with E-state index in [0.717, 1.165) is 5.56 Å². The van der Waals surface area contributed by atoms with Gasteiger partial charge in [-0.3, -0.25) is 4.79 Å². The molecule has 0 aliphatic carbocycles. The highest BCUT2D eigenvalue weighted by Gasteiger charge is 2.14. The number of nitrogens with two attached hydrogens (primary N) is 1. The Morgan fingerprint density at radius 2 is 2.35 bits per heavy atom. The minimum absolute atomic E-state index is 0.220. The van der Waals surface area contributed by atoms with Crippen LogP contribution in [0.1, 0.15) is 13.3 Å². The van der Waals surface area contributed by atoms with Crippen LogP contribution in [0.25, 0.3) is 11.3 Å². The molecule has 1 aromatic heterocycles. The van der Waals surface area contributed by atoms with Crippen molar-refractivity contribution < 1.29 is 13.9 Å². The van der Waals surface area contributed by atoms with E-state index in [2.05, 4.69) is 10.3 Å². The molecule has 0 aliphatic heterocycles. The average Bonchev–Trinajstić information content (AvgIpc) is 3.00. The molecule has 0 fully saturated rings. The lowest BCUT2D eigenvalue weighted by molar-refractivity contribution is -0.117. The van der Waals surface area contributed by atoms with Crippen LogP contribution in [0.15, 0.2) is 35.2 Å². The number of rotatable bonds is 5. The molecule has 0 bridgehead atoms. The number of aromatic nitrogens is 1. The van der Waals surface area contributed by atoms with Gasteiger partial charge >= 0.3 is 0 Å². The lowest BCUT2D eigenvalue weighted by Crippen LogP contribution is -2.34. The first-order valence-corrected chi connectivity index (χ1v) is 6.29. The Hall–Kier alpha value is -2.34. The maximum absolute atomic E-state index is 11.8. The normalized spacial score (nSPS) is 11.9. The van der Waals surface area contributed by atoms with Crippen molar-refractivity contribution >= 4 is 11.6 Å². The number of nitrogens with one attached hydrogen (secondary N) is 1. The van der Waals surface area contributed by atoms with Crippen molar-refractivity contribution in [3.05, 3.63) is 30.8 Å². The monoisotopic (exact) mass is 275 g/mol. The molecular formula is C14H17N3O3. The fraction of sp³-hybridized carbons (Fsp3) is 0.286. The van der Waals surface area contributed by atoms with Crippen molar-refractivity contribution in [3.63, 3.8) is 0 Å². The molecule has 0 saturated carbocycles. The van der Waals surface area contributed by atoms with E-state index in [4.69, 9.17) is 14.9 Å². The number of nitrogens with zero attached hydrogens (tertiary/aromatic N) is 1. The molecule has 1 atom stereocenters. The summed E-state index contributed by atoms with van der Waals surface area (Å²) in [6, 6.07) is 4.76. The summed E-state index contributed by atoms with van der Waals surface area (Å²) in [6.45, 7) is 1.86. The van der Waals surface area contributed by atoms with E-state index in [1.165, 1.54) is 6.39 Å². The minimum Gasteiger partial charge on any atom is -0.496 e. The number of hydrogen-bond acceptors (Lipinski definition) is 5. The predicted octanol–water partition coefficient (Wildman–Crippen LogP) is 2.03. The second-order valence-electron chi connectivity index (χ2n) is 4.28. The van der Waals surface area contributed by atoms with E-state index in [9.17, 15) is 4.79 Å². The van der Waals surface area contributed by atoms with Gasteiger partial charge in [0.2, 0.25) is 5.91 Å². The van der Waals surface area contributed by atoms with Crippen molar-refractivity contribution in [2.75, 3.05) is 12.4 Å². The van der Waals surface area contributed by atoms with Gasteiger partial charge in [-0.1, -0.05) is 6.92 Å². The third-order valence-corrected chi connectivity index (χ3v) is 2.94. The number of benzene rings is 1. The third-order valence-electron chi connectivity index (χ3n) is 2.94. The van der Waals surface area contributed by atoms with Gasteiger partial charge in [0.25, 0.3) is 0 Å². The summed E-state index contributed by atoms with van der Waals surface area (Å²) in [6.07, 6.45) is 3.53. The van der Waals surface area contributed by atoms with Gasteiger partial charge in [-0.15, -0.1) is 0 Å². The number of methoxy groups -OCH3 is 1. The number of oxazole rings is 1. The minimum atomic E-state index is -0.519. The lowest BCUT2D eigenvalue weighted by atomic mass is 10.1. The molecule has 106 valence electrons. The maximum atomic E-state index is 11.8. The summed E-state index contributed by atoms with van der Waals surface area (Å²) in [4.78, 5) is 15.6. The first kappa shape index (κ1) is 14.1. The molecular weight excluding hydrogens is 258 g/mol. The number of carbonyl (C=O) groups is 1. The quantitative estimate of drug-likeness (QED) is 0.871. The molecule has 0 unspecified atom stereocenters. The number of hydrogen-bond donors (Lipinski definition) is 2. The molecule has 1 aromatic carbocycles. The van der Waals surface area contributed by atoms with Crippen molar-refractivity contribution in [2.45, 2.75) is 19.4 Å². The zero-order valence-corrected chi connectivity index (χ0v) is 11.4. The number of anilines is 1. The topological polar surface area (TPSA) is 90.4 Å². The van der Waals surface area contributed by atoms with E-state index in [1.54, 1.807) is 31.5 Å². The van der Waals surface area contributed by atoms with Crippen molar-refractivity contribution in [3.8, 4) is 17.1 Å². The van der Waals surface area contributed by atoms with E-state index < -0.39 is 6.04 Å². The first-order valence-electron chi connectivity index (χ1n) is 6.29. The van der Waals surface area contributed by atoms with Gasteiger partial charge in [0.05, 0.1) is 24.9 Å². The van der Waals surface area contributed by atoms with Gasteiger partial charge in [0.15, 0.2) is 12.2 Å². The summed E-state index contributed by atoms with van der Waals surface area (Å²) in [5, 5.41) is 2.75. The molecule has 6 nitrogen and oxygen atoms in total. The summed E-state index contributed by atoms with van der Waals surface area (Å²) in [5.41, 5.74) is 7.07. The SMILES string of the molecule is CC[C@@H](N)C(=O)Nc1ccc(-c2cnco2)c(OC)c1. The van der Waals surface area contributed by atoms with Crippen molar-refractivity contribution in [1.29, 1.82) is 0 Å². The van der Waals surface area contributed by atoms with Crippen LogP contribution in [0.2, 0.25) is 0 Å². The maximum Gasteiger partial charge on any atom is 0.241 e. The van der Waals surface area contributed by atoms with Crippen LogP contribution in [0.3, 0.4) is 0 Å². The smallest absolute Gasteiger partial charge is 0.241 e. The zero-order valence-electron chi connectivity index (χ0n) is 11.4. The van der Waals surface area contributed by atoms with Gasteiger partial charge in [-0.25, -0.2) is 4.98 Å². The summed E-state index contributed by atoms with van der Waals surface area (Å²) in [7, 11) is 1.55. The molecule has 20 heavy (non-hydrogen) atoms. The Labute approximate surface area is 116 Å². The van der Waals surface area contributed by atoms with Gasteiger partial charge in [-0.05, 0) is 18.6 Å². The molecule has 6 heteroatoms. The largest absolute Gasteiger partial charge is 0.496 e. The number of carbonyl (C=O) groups excluding carboxylic acids is 1.